The molecule has 2 aliphatic heterocycles. The van der Waals surface area contributed by atoms with Gasteiger partial charge in [-0.05, 0) is 18.9 Å². The zero-order valence-corrected chi connectivity index (χ0v) is 8.52. The Labute approximate surface area is 89.1 Å². The van der Waals surface area contributed by atoms with Gasteiger partial charge in [0.2, 0.25) is 5.91 Å². The van der Waals surface area contributed by atoms with Gasteiger partial charge in [-0.2, -0.15) is 0 Å². The summed E-state index contributed by atoms with van der Waals surface area (Å²) in [7, 11) is 0. The molecule has 0 aromatic heterocycles. The lowest BCUT2D eigenvalue weighted by atomic mass is 9.96. The van der Waals surface area contributed by atoms with Gasteiger partial charge in [0, 0.05) is 18.4 Å². The molecule has 1 fully saturated rings. The molecular formula is C12H14N2O. The molecule has 0 radical (unpaired) electrons. The lowest BCUT2D eigenvalue weighted by molar-refractivity contribution is -0.132. The number of nitrogens with one attached hydrogen (secondary N) is 1. The van der Waals surface area contributed by atoms with Gasteiger partial charge < -0.3 is 10.2 Å². The van der Waals surface area contributed by atoms with Crippen LogP contribution in [0.25, 0.3) is 0 Å². The van der Waals surface area contributed by atoms with Gasteiger partial charge in [-0.1, -0.05) is 18.2 Å². The SMILES string of the molecule is O=C1C2CC=CC=C2NCC2CC=CN12. The summed E-state index contributed by atoms with van der Waals surface area (Å²) in [4.78, 5) is 14.1. The summed E-state index contributed by atoms with van der Waals surface area (Å²) in [6.07, 6.45) is 11.9. The number of carbonyl (C=O) groups excluding carboxylic acids is 1. The van der Waals surface area contributed by atoms with Crippen LogP contribution in [0.3, 0.4) is 0 Å². The molecule has 0 spiro atoms. The van der Waals surface area contributed by atoms with E-state index in [-0.39, 0.29) is 11.8 Å². The van der Waals surface area contributed by atoms with Gasteiger partial charge in [-0.3, -0.25) is 4.79 Å². The number of rotatable bonds is 0. The number of allylic oxidation sites excluding steroid dienone is 3. The number of amides is 1. The van der Waals surface area contributed by atoms with E-state index in [1.54, 1.807) is 0 Å². The molecule has 0 aromatic carbocycles. The zero-order chi connectivity index (χ0) is 10.3. The zero-order valence-electron chi connectivity index (χ0n) is 8.52. The van der Waals surface area contributed by atoms with Gasteiger partial charge in [-0.15, -0.1) is 0 Å². The van der Waals surface area contributed by atoms with Crippen LogP contribution in [0, 0.1) is 5.92 Å². The normalized spacial score (nSPS) is 32.9. The number of carbonyl (C=O) groups is 1. The number of nitrogens with zero attached hydrogens (tertiary/aromatic N) is 1. The molecule has 3 rings (SSSR count). The lowest BCUT2D eigenvalue weighted by Gasteiger charge is -2.23. The average molecular weight is 202 g/mol. The molecule has 3 aliphatic rings. The highest BCUT2D eigenvalue weighted by Gasteiger charge is 2.35. The topological polar surface area (TPSA) is 32.3 Å². The van der Waals surface area contributed by atoms with Crippen LogP contribution in [0.15, 0.2) is 36.2 Å². The van der Waals surface area contributed by atoms with Gasteiger partial charge in [0.15, 0.2) is 0 Å². The highest BCUT2D eigenvalue weighted by atomic mass is 16.2. The summed E-state index contributed by atoms with van der Waals surface area (Å²) in [5.74, 6) is 0.261. The molecule has 1 saturated heterocycles. The molecule has 0 bridgehead atoms. The second-order valence-electron chi connectivity index (χ2n) is 4.24. The first kappa shape index (κ1) is 8.77. The van der Waals surface area contributed by atoms with E-state index < -0.39 is 0 Å². The largest absolute Gasteiger partial charge is 0.386 e. The van der Waals surface area contributed by atoms with Crippen molar-refractivity contribution in [1.82, 2.24) is 10.2 Å². The van der Waals surface area contributed by atoms with E-state index in [0.29, 0.717) is 6.04 Å². The Hall–Kier alpha value is -1.51. The molecule has 3 nitrogen and oxygen atoms in total. The van der Waals surface area contributed by atoms with Crippen LogP contribution in [0.2, 0.25) is 0 Å². The third-order valence-corrected chi connectivity index (χ3v) is 3.32. The van der Waals surface area contributed by atoms with Crippen LogP contribution >= 0.6 is 0 Å². The van der Waals surface area contributed by atoms with Gasteiger partial charge in [-0.25, -0.2) is 0 Å². The lowest BCUT2D eigenvalue weighted by Crippen LogP contribution is -2.37. The second kappa shape index (κ2) is 3.26. The van der Waals surface area contributed by atoms with Crippen LogP contribution in [0.1, 0.15) is 12.8 Å². The van der Waals surface area contributed by atoms with Crippen molar-refractivity contribution >= 4 is 5.91 Å². The van der Waals surface area contributed by atoms with Crippen LogP contribution in [0.4, 0.5) is 0 Å². The minimum absolute atomic E-state index is 0.0164. The summed E-state index contributed by atoms with van der Waals surface area (Å²) in [5, 5.41) is 3.39. The molecule has 2 heterocycles. The fraction of sp³-hybridized carbons (Fsp3) is 0.417. The molecule has 0 saturated carbocycles. The van der Waals surface area contributed by atoms with Crippen LogP contribution < -0.4 is 5.32 Å². The predicted octanol–water partition coefficient (Wildman–Crippen LogP) is 1.16. The highest BCUT2D eigenvalue weighted by Crippen LogP contribution is 2.28. The molecule has 1 amide bonds. The van der Waals surface area contributed by atoms with Crippen molar-refractivity contribution in [2.24, 2.45) is 5.92 Å². The van der Waals surface area contributed by atoms with Gasteiger partial charge in [0.05, 0.1) is 12.0 Å². The van der Waals surface area contributed by atoms with Crippen molar-refractivity contribution in [2.75, 3.05) is 6.54 Å². The number of hydrogen-bond donors (Lipinski definition) is 1. The smallest absolute Gasteiger partial charge is 0.236 e. The summed E-state index contributed by atoms with van der Waals surface area (Å²) < 4.78 is 0. The molecule has 1 aliphatic carbocycles. The fourth-order valence-corrected chi connectivity index (χ4v) is 2.46. The van der Waals surface area contributed by atoms with Crippen molar-refractivity contribution in [3.05, 3.63) is 36.2 Å². The Bertz CT molecular complexity index is 381. The van der Waals surface area contributed by atoms with Crippen molar-refractivity contribution in [1.29, 1.82) is 0 Å². The molecule has 3 heteroatoms. The Balaban J connectivity index is 1.94. The molecule has 78 valence electrons. The third kappa shape index (κ3) is 1.30. The Kier molecular flexibility index (Phi) is 1.91. The molecule has 0 aromatic rings. The standard InChI is InChI=1S/C12H14N2O/c15-12-10-5-1-2-6-11(10)13-8-9-4-3-7-14(9)12/h1-3,6-7,9-10,13H,4-5,8H2. The van der Waals surface area contributed by atoms with Crippen molar-refractivity contribution in [3.63, 3.8) is 0 Å². The van der Waals surface area contributed by atoms with Crippen LogP contribution in [-0.4, -0.2) is 23.4 Å². The maximum atomic E-state index is 12.2. The molecule has 1 N–H and O–H groups in total. The van der Waals surface area contributed by atoms with Crippen molar-refractivity contribution < 1.29 is 4.79 Å². The first-order valence-corrected chi connectivity index (χ1v) is 5.45. The molecule has 2 unspecified atom stereocenters. The monoisotopic (exact) mass is 202 g/mol. The van der Waals surface area contributed by atoms with Gasteiger partial charge in [0.1, 0.15) is 0 Å². The fourth-order valence-electron chi connectivity index (χ4n) is 2.46. The first-order chi connectivity index (χ1) is 7.36. The summed E-state index contributed by atoms with van der Waals surface area (Å²) >= 11 is 0. The maximum Gasteiger partial charge on any atom is 0.236 e. The third-order valence-electron chi connectivity index (χ3n) is 3.32. The molecule has 15 heavy (non-hydrogen) atoms. The van der Waals surface area contributed by atoms with Crippen molar-refractivity contribution in [3.8, 4) is 0 Å². The summed E-state index contributed by atoms with van der Waals surface area (Å²) in [5.41, 5.74) is 1.09. The van der Waals surface area contributed by atoms with E-state index in [0.717, 1.165) is 25.1 Å². The average Bonchev–Trinajstić information content (AvgIpc) is 2.69. The van der Waals surface area contributed by atoms with Gasteiger partial charge >= 0.3 is 0 Å². The van der Waals surface area contributed by atoms with Gasteiger partial charge in [0.25, 0.3) is 0 Å². The van der Waals surface area contributed by atoms with E-state index in [4.69, 9.17) is 0 Å². The van der Waals surface area contributed by atoms with E-state index in [1.165, 1.54) is 0 Å². The minimum atomic E-state index is 0.0164. The second-order valence-corrected chi connectivity index (χ2v) is 4.24. The molecule has 2 atom stereocenters. The van der Waals surface area contributed by atoms with Crippen molar-refractivity contribution in [2.45, 2.75) is 18.9 Å². The molecular weight excluding hydrogens is 188 g/mol. The Morgan fingerprint density at radius 1 is 1.33 bits per heavy atom. The quantitative estimate of drug-likeness (QED) is 0.639. The van der Waals surface area contributed by atoms with Crippen LogP contribution in [-0.2, 0) is 4.79 Å². The summed E-state index contributed by atoms with van der Waals surface area (Å²) in [6.45, 7) is 0.870. The highest BCUT2D eigenvalue weighted by molar-refractivity contribution is 5.84. The van der Waals surface area contributed by atoms with E-state index in [1.807, 2.05) is 23.3 Å². The number of hydrogen-bond acceptors (Lipinski definition) is 2. The van der Waals surface area contributed by atoms with E-state index in [9.17, 15) is 4.79 Å². The van der Waals surface area contributed by atoms with Crippen LogP contribution in [0.5, 0.6) is 0 Å². The van der Waals surface area contributed by atoms with E-state index >= 15 is 0 Å². The maximum absolute atomic E-state index is 12.2. The number of fused-ring (bicyclic) bond motifs is 2. The Morgan fingerprint density at radius 3 is 3.20 bits per heavy atom. The Morgan fingerprint density at radius 2 is 2.27 bits per heavy atom. The predicted molar refractivity (Wildman–Crippen MR) is 57.7 cm³/mol. The van der Waals surface area contributed by atoms with E-state index in [2.05, 4.69) is 17.5 Å². The summed E-state index contributed by atoms with van der Waals surface area (Å²) in [6, 6.07) is 0.323. The first-order valence-electron chi connectivity index (χ1n) is 5.45. The minimum Gasteiger partial charge on any atom is -0.386 e.